The Labute approximate surface area is 192 Å². The second-order valence-corrected chi connectivity index (χ2v) is 10.5. The van der Waals surface area contributed by atoms with E-state index in [0.29, 0.717) is 10.8 Å². The zero-order valence-corrected chi connectivity index (χ0v) is 19.6. The Balaban J connectivity index is 1.64. The summed E-state index contributed by atoms with van der Waals surface area (Å²) < 4.78 is 37.1. The first-order chi connectivity index (χ1) is 15.3. The molecule has 3 aromatic rings. The van der Waals surface area contributed by atoms with Gasteiger partial charge in [-0.25, -0.2) is 18.4 Å². The minimum absolute atomic E-state index is 0.163. The van der Waals surface area contributed by atoms with Crippen molar-refractivity contribution in [2.75, 3.05) is 4.72 Å². The van der Waals surface area contributed by atoms with E-state index in [9.17, 15) is 8.42 Å². The van der Waals surface area contributed by atoms with Crippen molar-refractivity contribution in [1.29, 1.82) is 0 Å². The summed E-state index contributed by atoms with van der Waals surface area (Å²) in [5.74, 6) is 1.07. The van der Waals surface area contributed by atoms with Gasteiger partial charge in [0.15, 0.2) is 11.6 Å². The molecular weight excluding hydrogens is 452 g/mol. The van der Waals surface area contributed by atoms with E-state index in [1.54, 1.807) is 6.92 Å². The lowest BCUT2D eigenvalue weighted by atomic mass is 10.2. The third-order valence-corrected chi connectivity index (χ3v) is 6.99. The van der Waals surface area contributed by atoms with E-state index >= 15 is 0 Å². The Morgan fingerprint density at radius 1 is 1.09 bits per heavy atom. The molecule has 0 saturated heterocycles. The highest BCUT2D eigenvalue weighted by molar-refractivity contribution is 7.93. The van der Waals surface area contributed by atoms with Gasteiger partial charge in [0.05, 0.1) is 11.1 Å². The fourth-order valence-electron chi connectivity index (χ4n) is 3.35. The van der Waals surface area contributed by atoms with Crippen molar-refractivity contribution in [3.8, 4) is 11.4 Å². The lowest BCUT2D eigenvalue weighted by molar-refractivity contribution is 0.00154. The molecule has 1 N–H and O–H groups in total. The van der Waals surface area contributed by atoms with Crippen LogP contribution in [0.5, 0.6) is 0 Å². The molecule has 11 heteroatoms. The van der Waals surface area contributed by atoms with Gasteiger partial charge in [0, 0.05) is 24.0 Å². The maximum atomic E-state index is 13.4. The molecule has 0 amide bonds. The molecule has 4 rings (SSSR count). The van der Waals surface area contributed by atoms with E-state index < -0.39 is 21.4 Å². The Kier molecular flexibility index (Phi) is 6.45. The first-order valence-electron chi connectivity index (χ1n) is 10.4. The minimum Gasteiger partial charge on any atom is -0.366 e. The number of benzene rings is 1. The molecule has 9 nitrogen and oxygen atoms in total. The summed E-state index contributed by atoms with van der Waals surface area (Å²) in [7, 11) is -3.92. The average molecular weight is 477 g/mol. The van der Waals surface area contributed by atoms with Gasteiger partial charge in [-0.2, -0.15) is 0 Å². The molecule has 170 valence electrons. The number of nitrogens with zero attached hydrogens (tertiary/aromatic N) is 5. The highest BCUT2D eigenvalue weighted by Gasteiger charge is 2.37. The molecule has 0 aliphatic heterocycles. The molecule has 0 radical (unpaired) electrons. The maximum absolute atomic E-state index is 13.4. The van der Waals surface area contributed by atoms with Crippen molar-refractivity contribution >= 4 is 27.6 Å². The number of nitrogens with one attached hydrogen (secondary N) is 1. The van der Waals surface area contributed by atoms with Crippen LogP contribution < -0.4 is 4.72 Å². The Bertz CT molecular complexity index is 1160. The topological polar surface area (TPSA) is 112 Å². The molecule has 2 aromatic heterocycles. The fourth-order valence-corrected chi connectivity index (χ4v) is 4.54. The highest BCUT2D eigenvalue weighted by Crippen LogP contribution is 2.40. The molecule has 2 heterocycles. The number of anilines is 1. The van der Waals surface area contributed by atoms with Gasteiger partial charge in [0.1, 0.15) is 11.4 Å². The molecular formula is C21H25ClN6O3S. The van der Waals surface area contributed by atoms with Crippen LogP contribution in [0.3, 0.4) is 0 Å². The number of aromatic nitrogens is 5. The number of hydrogen-bond acceptors (Lipinski definition) is 7. The van der Waals surface area contributed by atoms with Gasteiger partial charge in [0.2, 0.25) is 16.0 Å². The van der Waals surface area contributed by atoms with Gasteiger partial charge in [-0.15, -0.1) is 10.2 Å². The highest BCUT2D eigenvalue weighted by atomic mass is 35.5. The molecule has 1 saturated carbocycles. The van der Waals surface area contributed by atoms with Gasteiger partial charge < -0.3 is 4.74 Å². The Hall–Kier alpha value is -2.56. The zero-order valence-electron chi connectivity index (χ0n) is 18.0. The van der Waals surface area contributed by atoms with Crippen LogP contribution in [-0.4, -0.2) is 44.5 Å². The van der Waals surface area contributed by atoms with E-state index in [1.807, 2.05) is 48.7 Å². The van der Waals surface area contributed by atoms with Crippen molar-refractivity contribution in [2.24, 2.45) is 0 Å². The lowest BCUT2D eigenvalue weighted by Crippen LogP contribution is -2.35. The van der Waals surface area contributed by atoms with Gasteiger partial charge in [0.25, 0.3) is 0 Å². The Morgan fingerprint density at radius 3 is 2.34 bits per heavy atom. The maximum Gasteiger partial charge on any atom is 0.240 e. The monoisotopic (exact) mass is 476 g/mol. The van der Waals surface area contributed by atoms with E-state index in [4.69, 9.17) is 16.3 Å². The summed E-state index contributed by atoms with van der Waals surface area (Å²) in [5.41, 5.74) is 0.876. The van der Waals surface area contributed by atoms with Crippen LogP contribution in [0.4, 0.5) is 5.95 Å². The van der Waals surface area contributed by atoms with Crippen molar-refractivity contribution in [1.82, 2.24) is 24.7 Å². The number of halogens is 1. The molecule has 32 heavy (non-hydrogen) atoms. The van der Waals surface area contributed by atoms with Gasteiger partial charge in [-0.1, -0.05) is 41.9 Å². The molecule has 2 atom stereocenters. The molecule has 0 bridgehead atoms. The standard InChI is InChI=1S/C21H25ClN6O3S/c1-13(2)31-18(19-23-11-16(22)12-24-19)14(3)32(29,30)27-21-26-25-20(28(21)17-9-10-17)15-7-5-4-6-8-15/h4-8,11-14,17-18H,9-10H2,1-3H3,(H,26,27)/t14-,18+/m0/s1. The summed E-state index contributed by atoms with van der Waals surface area (Å²) >= 11 is 5.89. The number of rotatable bonds is 9. The van der Waals surface area contributed by atoms with Crippen LogP contribution in [0.1, 0.15) is 51.6 Å². The SMILES string of the molecule is CC(C)O[C@@H](c1ncc(Cl)cn1)[C@H](C)S(=O)(=O)Nc1nnc(-c2ccccc2)n1C1CC1. The molecule has 1 fully saturated rings. The van der Waals surface area contributed by atoms with Gasteiger partial charge in [-0.3, -0.25) is 9.29 Å². The van der Waals surface area contributed by atoms with Crippen LogP contribution in [0.15, 0.2) is 42.7 Å². The predicted octanol–water partition coefficient (Wildman–Crippen LogP) is 4.02. The van der Waals surface area contributed by atoms with Gasteiger partial charge >= 0.3 is 0 Å². The van der Waals surface area contributed by atoms with E-state index in [-0.39, 0.29) is 23.9 Å². The van der Waals surface area contributed by atoms with Crippen molar-refractivity contribution in [3.63, 3.8) is 0 Å². The predicted molar refractivity (Wildman–Crippen MR) is 122 cm³/mol. The van der Waals surface area contributed by atoms with Crippen LogP contribution >= 0.6 is 11.6 Å². The summed E-state index contributed by atoms with van der Waals surface area (Å²) in [6.07, 6.45) is 3.60. The van der Waals surface area contributed by atoms with Crippen molar-refractivity contribution < 1.29 is 13.2 Å². The third kappa shape index (κ3) is 4.92. The minimum atomic E-state index is -3.92. The molecule has 1 aliphatic carbocycles. The molecule has 1 aliphatic rings. The van der Waals surface area contributed by atoms with Gasteiger partial charge in [-0.05, 0) is 33.6 Å². The summed E-state index contributed by atoms with van der Waals surface area (Å²) in [5, 5.41) is 7.78. The summed E-state index contributed by atoms with van der Waals surface area (Å²) in [6, 6.07) is 9.75. The zero-order chi connectivity index (χ0) is 22.9. The number of sulfonamides is 1. The first kappa shape index (κ1) is 22.6. The number of ether oxygens (including phenoxy) is 1. The quantitative estimate of drug-likeness (QED) is 0.496. The van der Waals surface area contributed by atoms with E-state index in [1.165, 1.54) is 12.4 Å². The lowest BCUT2D eigenvalue weighted by Gasteiger charge is -2.25. The van der Waals surface area contributed by atoms with Crippen LogP contribution in [0, 0.1) is 0 Å². The second kappa shape index (κ2) is 9.13. The molecule has 0 unspecified atom stereocenters. The fraction of sp³-hybridized carbons (Fsp3) is 0.429. The second-order valence-electron chi connectivity index (χ2n) is 8.03. The Morgan fingerprint density at radius 2 is 1.75 bits per heavy atom. The van der Waals surface area contributed by atoms with Crippen molar-refractivity contribution in [2.45, 2.75) is 57.1 Å². The molecule has 1 aromatic carbocycles. The summed E-state index contributed by atoms with van der Waals surface area (Å²) in [6.45, 7) is 5.21. The molecule has 0 spiro atoms. The van der Waals surface area contributed by atoms with E-state index in [2.05, 4.69) is 24.9 Å². The third-order valence-electron chi connectivity index (χ3n) is 5.10. The summed E-state index contributed by atoms with van der Waals surface area (Å²) in [4.78, 5) is 8.36. The number of hydrogen-bond donors (Lipinski definition) is 1. The average Bonchev–Trinajstić information content (AvgIpc) is 3.52. The largest absolute Gasteiger partial charge is 0.366 e. The van der Waals surface area contributed by atoms with Crippen molar-refractivity contribution in [3.05, 3.63) is 53.6 Å². The van der Waals surface area contributed by atoms with Crippen LogP contribution in [0.2, 0.25) is 5.02 Å². The van der Waals surface area contributed by atoms with E-state index in [0.717, 1.165) is 18.4 Å². The smallest absolute Gasteiger partial charge is 0.240 e. The van der Waals surface area contributed by atoms with Crippen LogP contribution in [-0.2, 0) is 14.8 Å². The van der Waals surface area contributed by atoms with Crippen LogP contribution in [0.25, 0.3) is 11.4 Å². The first-order valence-corrected chi connectivity index (χ1v) is 12.3. The normalized spacial score (nSPS) is 16.2.